The molecule has 8 aromatic rings. The van der Waals surface area contributed by atoms with Crippen LogP contribution in [0.15, 0.2) is 121 Å². The Kier molecular flexibility index (Phi) is 21.8. The van der Waals surface area contributed by atoms with Gasteiger partial charge in [0.2, 0.25) is 0 Å². The number of nitro benzene ring substituents is 2. The average molecular weight is 1220 g/mol. The fourth-order valence-corrected chi connectivity index (χ4v) is 9.39. The van der Waals surface area contributed by atoms with Gasteiger partial charge in [-0.15, -0.1) is 0 Å². The van der Waals surface area contributed by atoms with E-state index in [9.17, 15) is 57.0 Å². The van der Waals surface area contributed by atoms with Gasteiger partial charge in [0.1, 0.15) is 34.5 Å². The van der Waals surface area contributed by atoms with E-state index >= 15 is 0 Å². The fraction of sp³-hybridized carbons (Fsp3) is 0.344. The van der Waals surface area contributed by atoms with Crippen LogP contribution < -0.4 is 21.3 Å². The quantitative estimate of drug-likeness (QED) is 0.0281. The van der Waals surface area contributed by atoms with Crippen molar-refractivity contribution in [2.45, 2.75) is 130 Å². The van der Waals surface area contributed by atoms with Gasteiger partial charge in [-0.3, -0.25) is 29.8 Å². The lowest BCUT2D eigenvalue weighted by atomic mass is 10.1. The molecule has 0 radical (unpaired) electrons. The molecule has 4 N–H and O–H groups in total. The minimum absolute atomic E-state index is 0.00239. The largest absolute Gasteiger partial charge is 0.444 e. The predicted molar refractivity (Wildman–Crippen MR) is 325 cm³/mol. The third-order valence-electron chi connectivity index (χ3n) is 13.7. The molecule has 20 nitrogen and oxygen atoms in total. The van der Waals surface area contributed by atoms with Gasteiger partial charge in [0, 0.05) is 60.6 Å². The van der Waals surface area contributed by atoms with Crippen LogP contribution in [-0.4, -0.2) is 89.3 Å². The zero-order chi connectivity index (χ0) is 64.0. The van der Waals surface area contributed by atoms with E-state index in [1.165, 1.54) is 33.4 Å². The highest BCUT2D eigenvalue weighted by atomic mass is 19.1. The maximum absolute atomic E-state index is 14.9. The Morgan fingerprint density at radius 2 is 0.920 bits per heavy atom. The Morgan fingerprint density at radius 3 is 1.34 bits per heavy atom. The Balaban J connectivity index is 0.000000251. The number of carbonyl (C=O) groups excluding carboxylic acids is 4. The van der Waals surface area contributed by atoms with Crippen LogP contribution in [0.1, 0.15) is 126 Å². The van der Waals surface area contributed by atoms with Gasteiger partial charge < -0.3 is 39.9 Å². The average Bonchev–Trinajstić information content (AvgIpc) is 2.09. The maximum Gasteiger partial charge on any atom is 0.407 e. The first kappa shape index (κ1) is 65.8. The summed E-state index contributed by atoms with van der Waals surface area (Å²) in [7, 11) is 0. The molecule has 0 aliphatic rings. The van der Waals surface area contributed by atoms with E-state index in [0.717, 1.165) is 73.2 Å². The number of amides is 4. The smallest absolute Gasteiger partial charge is 0.407 e. The van der Waals surface area contributed by atoms with E-state index in [-0.39, 0.29) is 66.1 Å². The van der Waals surface area contributed by atoms with Crippen LogP contribution in [0.2, 0.25) is 0 Å². The summed E-state index contributed by atoms with van der Waals surface area (Å²) in [4.78, 5) is 82.6. The Morgan fingerprint density at radius 1 is 0.523 bits per heavy atom. The van der Waals surface area contributed by atoms with Crippen LogP contribution in [0.25, 0.3) is 44.3 Å². The van der Waals surface area contributed by atoms with Crippen molar-refractivity contribution in [1.82, 2.24) is 40.4 Å². The molecule has 2 aromatic heterocycles. The summed E-state index contributed by atoms with van der Waals surface area (Å²) in [6, 6.07) is 27.8. The van der Waals surface area contributed by atoms with Crippen molar-refractivity contribution in [3.05, 3.63) is 188 Å². The van der Waals surface area contributed by atoms with Gasteiger partial charge in [-0.25, -0.2) is 37.1 Å². The number of nitrogens with zero attached hydrogens (tertiary/aromatic N) is 6. The number of unbranched alkanes of at least 4 members (excludes halogenated alkanes) is 2. The number of hydrogen-bond acceptors (Lipinski definition) is 12. The first-order valence-corrected chi connectivity index (χ1v) is 28.6. The van der Waals surface area contributed by atoms with Crippen LogP contribution in [0.3, 0.4) is 0 Å². The minimum atomic E-state index is -0.692. The number of imidazole rings is 2. The monoisotopic (exact) mass is 1210 g/mol. The van der Waals surface area contributed by atoms with E-state index < -0.39 is 74.6 Å². The standard InChI is InChI=1S/2C32H35F2N5O5/c1-5-6-7-24(36-31(41)44-32(2,3)4)18-35-30(40)29-37-27-17-21(20-8-11-23(33)12-9-20)10-15-28(27)38(29)19-22-16-25(39(42)43)13-14-26(22)34;1-5-6-7-24(36-31(41)44-32(2,3)4)18-35-30(40)29-37-27-15-10-21(20-8-11-23(33)12-9-20)17-28(27)38(29)19-22-16-25(39(42)43)13-14-26(22)34/h2*8-17,24H,5-7,18-19H2,1-4H3,(H,35,40)(H,36,41)/t2*24-/m00/s1. The number of fused-ring (bicyclic) bond motifs is 2. The van der Waals surface area contributed by atoms with Gasteiger partial charge in [0.25, 0.3) is 23.2 Å². The van der Waals surface area contributed by atoms with Crippen LogP contribution >= 0.6 is 0 Å². The summed E-state index contributed by atoms with van der Waals surface area (Å²) in [6.07, 6.45) is 3.32. The van der Waals surface area contributed by atoms with Crippen LogP contribution in [0.5, 0.6) is 0 Å². The molecular weight excluding hydrogens is 1140 g/mol. The van der Waals surface area contributed by atoms with Gasteiger partial charge in [0.05, 0.1) is 45.0 Å². The molecule has 0 aliphatic carbocycles. The second-order valence-electron chi connectivity index (χ2n) is 22.9. The number of hydrogen-bond donors (Lipinski definition) is 4. The summed E-state index contributed by atoms with van der Waals surface area (Å²) in [6.45, 7) is 14.3. The number of carbonyl (C=O) groups is 4. The molecule has 88 heavy (non-hydrogen) atoms. The summed E-state index contributed by atoms with van der Waals surface area (Å²) in [5.41, 5.74) is 2.68. The molecule has 2 atom stereocenters. The SMILES string of the molecule is CCCC[C@@H](CNC(=O)c1nc2cc(-c3ccc(F)cc3)ccc2n1Cc1cc([N+](=O)[O-])ccc1F)NC(=O)OC(C)(C)C.CCCC[C@@H](CNC(=O)c1nc2ccc(-c3ccc(F)cc3)cc2n1Cc1cc([N+](=O)[O-])ccc1F)NC(=O)OC(C)(C)C. The van der Waals surface area contributed by atoms with E-state index in [2.05, 4.69) is 31.2 Å². The molecule has 2 heterocycles. The molecule has 464 valence electrons. The van der Waals surface area contributed by atoms with E-state index in [1.54, 1.807) is 102 Å². The lowest BCUT2D eigenvalue weighted by molar-refractivity contribution is -0.385. The highest BCUT2D eigenvalue weighted by Gasteiger charge is 2.27. The summed E-state index contributed by atoms with van der Waals surface area (Å²) >= 11 is 0. The van der Waals surface area contributed by atoms with Crippen LogP contribution in [0, 0.1) is 43.5 Å². The van der Waals surface area contributed by atoms with E-state index in [4.69, 9.17) is 9.47 Å². The Hall–Kier alpha value is -9.74. The molecular formula is C64H70F4N10O10. The molecule has 0 saturated heterocycles. The number of ether oxygens (including phenoxy) is 2. The summed E-state index contributed by atoms with van der Waals surface area (Å²) < 4.78 is 70.5. The fourth-order valence-electron chi connectivity index (χ4n) is 9.39. The molecule has 6 aromatic carbocycles. The molecule has 24 heteroatoms. The molecule has 0 saturated carbocycles. The number of non-ortho nitro benzene ring substituents is 2. The summed E-state index contributed by atoms with van der Waals surface area (Å²) in [5.74, 6) is -3.38. The van der Waals surface area contributed by atoms with Gasteiger partial charge in [-0.2, -0.15) is 0 Å². The summed E-state index contributed by atoms with van der Waals surface area (Å²) in [5, 5.41) is 34.0. The highest BCUT2D eigenvalue weighted by Crippen LogP contribution is 2.30. The molecule has 0 unspecified atom stereocenters. The van der Waals surface area contributed by atoms with E-state index in [0.29, 0.717) is 46.0 Å². The van der Waals surface area contributed by atoms with Gasteiger partial charge in [-0.1, -0.05) is 75.9 Å². The predicted octanol–water partition coefficient (Wildman–Crippen LogP) is 13.5. The van der Waals surface area contributed by atoms with Crippen molar-refractivity contribution in [3.63, 3.8) is 0 Å². The molecule has 0 aliphatic heterocycles. The second kappa shape index (κ2) is 29.1. The van der Waals surface area contributed by atoms with Gasteiger partial charge >= 0.3 is 12.2 Å². The molecule has 0 spiro atoms. The lowest BCUT2D eigenvalue weighted by Crippen LogP contribution is -2.45. The van der Waals surface area contributed by atoms with Crippen molar-refractivity contribution >= 4 is 57.4 Å². The zero-order valence-corrected chi connectivity index (χ0v) is 50.1. The van der Waals surface area contributed by atoms with Crippen LogP contribution in [-0.2, 0) is 22.6 Å². The van der Waals surface area contributed by atoms with E-state index in [1.807, 2.05) is 13.8 Å². The number of aromatic nitrogens is 4. The number of halogens is 4. The van der Waals surface area contributed by atoms with Gasteiger partial charge in [0.15, 0.2) is 11.6 Å². The van der Waals surface area contributed by atoms with Crippen molar-refractivity contribution in [1.29, 1.82) is 0 Å². The van der Waals surface area contributed by atoms with Crippen molar-refractivity contribution in [2.75, 3.05) is 13.1 Å². The van der Waals surface area contributed by atoms with Crippen LogP contribution in [0.4, 0.5) is 38.5 Å². The first-order chi connectivity index (χ1) is 41.7. The third-order valence-corrected chi connectivity index (χ3v) is 13.7. The van der Waals surface area contributed by atoms with Gasteiger partial charge in [-0.05, 0) is 137 Å². The number of benzene rings is 6. The molecule has 8 rings (SSSR count). The number of nitrogens with one attached hydrogen (secondary N) is 4. The number of rotatable bonds is 22. The highest BCUT2D eigenvalue weighted by molar-refractivity contribution is 5.97. The number of nitro groups is 2. The normalized spacial score (nSPS) is 12.1. The molecule has 4 amide bonds. The van der Waals surface area contributed by atoms with Crippen molar-refractivity contribution < 1.29 is 56.1 Å². The Labute approximate surface area is 505 Å². The van der Waals surface area contributed by atoms with Crippen molar-refractivity contribution in [2.24, 2.45) is 0 Å². The topological polar surface area (TPSA) is 257 Å². The second-order valence-corrected chi connectivity index (χ2v) is 22.9. The third kappa shape index (κ3) is 18.2. The minimum Gasteiger partial charge on any atom is -0.444 e. The molecule has 0 bridgehead atoms. The Bertz CT molecular complexity index is 3770. The first-order valence-electron chi connectivity index (χ1n) is 28.6. The zero-order valence-electron chi connectivity index (χ0n) is 50.1. The lowest BCUT2D eigenvalue weighted by Gasteiger charge is -2.24. The van der Waals surface area contributed by atoms with Crippen molar-refractivity contribution in [3.8, 4) is 22.3 Å². The number of alkyl carbamates (subject to hydrolysis) is 2. The maximum atomic E-state index is 14.9. The molecule has 0 fully saturated rings.